The van der Waals surface area contributed by atoms with Gasteiger partial charge in [0.25, 0.3) is 0 Å². The molecule has 0 aliphatic carbocycles. The van der Waals surface area contributed by atoms with E-state index in [2.05, 4.69) is 91.5 Å². The minimum atomic E-state index is -0.674. The van der Waals surface area contributed by atoms with Crippen molar-refractivity contribution in [1.82, 2.24) is 0 Å². The highest BCUT2D eigenvalue weighted by Crippen LogP contribution is 2.35. The van der Waals surface area contributed by atoms with Crippen LogP contribution in [0.3, 0.4) is 0 Å². The van der Waals surface area contributed by atoms with Gasteiger partial charge in [0.05, 0.1) is 5.54 Å². The summed E-state index contributed by atoms with van der Waals surface area (Å²) in [5.41, 5.74) is 13.3. The van der Waals surface area contributed by atoms with Crippen LogP contribution >= 0.6 is 0 Å². The van der Waals surface area contributed by atoms with E-state index in [9.17, 15) is 0 Å². The molecule has 0 aliphatic rings. The average Bonchev–Trinajstić information content (AvgIpc) is 2.62. The molecule has 0 heterocycles. The van der Waals surface area contributed by atoms with E-state index < -0.39 is 5.54 Å². The molecule has 25 heavy (non-hydrogen) atoms. The molecule has 0 aromatic heterocycles. The minimum absolute atomic E-state index is 0.674. The fourth-order valence-corrected chi connectivity index (χ4v) is 3.16. The smallest absolute Gasteiger partial charge is 0.0922 e. The predicted octanol–water partition coefficient (Wildman–Crippen LogP) is 4.62. The monoisotopic (exact) mass is 330 g/mol. The molecule has 0 atom stereocenters. The molecule has 0 radical (unpaired) electrons. The third-order valence-electron chi connectivity index (χ3n) is 4.85. The summed E-state index contributed by atoms with van der Waals surface area (Å²) in [6, 6.07) is 25.5. The van der Waals surface area contributed by atoms with Gasteiger partial charge in [-0.15, -0.1) is 0 Å². The fraction of sp³-hybridized carbons (Fsp3) is 0.217. The Kier molecular flexibility index (Phi) is 4.65. The molecule has 3 aromatic rings. The summed E-state index contributed by atoms with van der Waals surface area (Å²) in [5.74, 6) is 0. The number of anilines is 1. The van der Waals surface area contributed by atoms with Crippen LogP contribution in [-0.2, 0) is 5.54 Å². The van der Waals surface area contributed by atoms with Crippen molar-refractivity contribution in [1.29, 1.82) is 0 Å². The minimum Gasteiger partial charge on any atom is -0.378 e. The van der Waals surface area contributed by atoms with Crippen molar-refractivity contribution in [3.8, 4) is 0 Å². The molecule has 0 saturated heterocycles. The molecular weight excluding hydrogens is 304 g/mol. The number of nitrogens with zero attached hydrogens (tertiary/aromatic N) is 1. The van der Waals surface area contributed by atoms with Crippen LogP contribution in [0, 0.1) is 13.8 Å². The normalized spacial score (nSPS) is 11.4. The van der Waals surface area contributed by atoms with Crippen LogP contribution in [0.1, 0.15) is 27.8 Å². The van der Waals surface area contributed by atoms with Gasteiger partial charge in [-0.25, -0.2) is 0 Å². The molecule has 3 aromatic carbocycles. The highest BCUT2D eigenvalue weighted by Gasteiger charge is 2.31. The van der Waals surface area contributed by atoms with Crippen molar-refractivity contribution in [2.45, 2.75) is 19.4 Å². The average molecular weight is 330 g/mol. The van der Waals surface area contributed by atoms with Gasteiger partial charge in [-0.05, 0) is 42.7 Å². The maximum Gasteiger partial charge on any atom is 0.0922 e. The summed E-state index contributed by atoms with van der Waals surface area (Å²) in [4.78, 5) is 2.10. The Morgan fingerprint density at radius 1 is 0.600 bits per heavy atom. The lowest BCUT2D eigenvalue weighted by Gasteiger charge is -2.32. The van der Waals surface area contributed by atoms with Gasteiger partial charge in [-0.3, -0.25) is 0 Å². The van der Waals surface area contributed by atoms with Gasteiger partial charge in [0.2, 0.25) is 0 Å². The van der Waals surface area contributed by atoms with E-state index in [0.29, 0.717) is 0 Å². The van der Waals surface area contributed by atoms with E-state index in [1.54, 1.807) is 0 Å². The molecule has 0 spiro atoms. The molecular formula is C23H26N2. The van der Waals surface area contributed by atoms with E-state index in [0.717, 1.165) is 16.7 Å². The Labute approximate surface area is 150 Å². The largest absolute Gasteiger partial charge is 0.378 e. The van der Waals surface area contributed by atoms with Crippen molar-refractivity contribution in [2.24, 2.45) is 5.73 Å². The molecule has 0 fully saturated rings. The van der Waals surface area contributed by atoms with Crippen LogP contribution in [0.5, 0.6) is 0 Å². The molecule has 2 nitrogen and oxygen atoms in total. The predicted molar refractivity (Wildman–Crippen MR) is 107 cm³/mol. The number of hydrogen-bond donors (Lipinski definition) is 1. The summed E-state index contributed by atoms with van der Waals surface area (Å²) < 4.78 is 0. The van der Waals surface area contributed by atoms with E-state index >= 15 is 0 Å². The Hall–Kier alpha value is -2.58. The summed E-state index contributed by atoms with van der Waals surface area (Å²) in [7, 11) is 4.09. The molecule has 2 heteroatoms. The van der Waals surface area contributed by atoms with Crippen molar-refractivity contribution < 1.29 is 0 Å². The van der Waals surface area contributed by atoms with Crippen molar-refractivity contribution >= 4 is 5.69 Å². The van der Waals surface area contributed by atoms with Gasteiger partial charge >= 0.3 is 0 Å². The lowest BCUT2D eigenvalue weighted by atomic mass is 9.77. The topological polar surface area (TPSA) is 29.3 Å². The third-order valence-corrected chi connectivity index (χ3v) is 4.85. The van der Waals surface area contributed by atoms with Gasteiger partial charge in [0.1, 0.15) is 0 Å². The molecule has 128 valence electrons. The second kappa shape index (κ2) is 6.73. The molecule has 0 amide bonds. The molecule has 0 unspecified atom stereocenters. The maximum atomic E-state index is 7.07. The Balaban J connectivity index is 2.17. The third kappa shape index (κ3) is 3.31. The maximum absolute atomic E-state index is 7.07. The van der Waals surface area contributed by atoms with E-state index in [-0.39, 0.29) is 0 Å². The van der Waals surface area contributed by atoms with E-state index in [1.807, 2.05) is 14.1 Å². The number of aryl methyl sites for hydroxylation is 2. The molecule has 0 saturated carbocycles. The first-order valence-corrected chi connectivity index (χ1v) is 8.62. The van der Waals surface area contributed by atoms with Crippen LogP contribution in [0.2, 0.25) is 0 Å². The molecule has 0 aliphatic heterocycles. The fourth-order valence-electron chi connectivity index (χ4n) is 3.16. The highest BCUT2D eigenvalue weighted by molar-refractivity contribution is 5.54. The molecule has 2 N–H and O–H groups in total. The quantitative estimate of drug-likeness (QED) is 0.707. The summed E-state index contributed by atoms with van der Waals surface area (Å²) >= 11 is 0. The van der Waals surface area contributed by atoms with Crippen LogP contribution in [0.25, 0.3) is 0 Å². The summed E-state index contributed by atoms with van der Waals surface area (Å²) in [6.45, 7) is 4.19. The lowest BCUT2D eigenvalue weighted by Crippen LogP contribution is -2.39. The van der Waals surface area contributed by atoms with Crippen molar-refractivity contribution in [3.05, 3.63) is 101 Å². The Bertz CT molecular complexity index is 783. The van der Waals surface area contributed by atoms with Gasteiger partial charge in [-0.1, -0.05) is 71.8 Å². The van der Waals surface area contributed by atoms with Gasteiger partial charge < -0.3 is 10.6 Å². The second-order valence-corrected chi connectivity index (χ2v) is 6.98. The lowest BCUT2D eigenvalue weighted by molar-refractivity contribution is 0.652. The highest BCUT2D eigenvalue weighted by atomic mass is 15.1. The standard InChI is InChI=1S/C23H26N2/c1-17-5-9-19(10-6-17)23(24,20-11-7-18(2)8-12-20)21-13-15-22(16-14-21)25(3)4/h5-16H,24H2,1-4H3. The van der Waals surface area contributed by atoms with Crippen LogP contribution in [0.15, 0.2) is 72.8 Å². The Morgan fingerprint density at radius 3 is 1.24 bits per heavy atom. The van der Waals surface area contributed by atoms with Gasteiger partial charge in [0, 0.05) is 19.8 Å². The zero-order valence-corrected chi connectivity index (χ0v) is 15.5. The van der Waals surface area contributed by atoms with Gasteiger partial charge in [-0.2, -0.15) is 0 Å². The molecule has 3 rings (SSSR count). The van der Waals surface area contributed by atoms with Gasteiger partial charge in [0.15, 0.2) is 0 Å². The SMILES string of the molecule is Cc1ccc(C(N)(c2ccc(C)cc2)c2ccc(N(C)C)cc2)cc1. The number of nitrogens with two attached hydrogens (primary N) is 1. The first kappa shape index (κ1) is 17.2. The first-order chi connectivity index (χ1) is 11.9. The summed E-state index contributed by atoms with van der Waals surface area (Å²) in [5, 5.41) is 0. The molecule has 0 bridgehead atoms. The van der Waals surface area contributed by atoms with Crippen molar-refractivity contribution in [3.63, 3.8) is 0 Å². The second-order valence-electron chi connectivity index (χ2n) is 6.98. The number of hydrogen-bond acceptors (Lipinski definition) is 2. The zero-order chi connectivity index (χ0) is 18.0. The van der Waals surface area contributed by atoms with Crippen molar-refractivity contribution in [2.75, 3.05) is 19.0 Å². The van der Waals surface area contributed by atoms with Crippen LogP contribution in [0.4, 0.5) is 5.69 Å². The first-order valence-electron chi connectivity index (χ1n) is 8.62. The van der Waals surface area contributed by atoms with Crippen LogP contribution < -0.4 is 10.6 Å². The van der Waals surface area contributed by atoms with E-state index in [1.165, 1.54) is 16.8 Å². The van der Waals surface area contributed by atoms with E-state index in [4.69, 9.17) is 5.73 Å². The Morgan fingerprint density at radius 2 is 0.920 bits per heavy atom. The number of benzene rings is 3. The summed E-state index contributed by atoms with van der Waals surface area (Å²) in [6.07, 6.45) is 0. The van der Waals surface area contributed by atoms with Crippen LogP contribution in [-0.4, -0.2) is 14.1 Å². The zero-order valence-electron chi connectivity index (χ0n) is 15.5. The number of rotatable bonds is 4.